The molecule has 176 valence electrons. The second kappa shape index (κ2) is 9.41. The molecule has 0 spiro atoms. The standard InChI is InChI=1S/C24H23Cl2F3N2O2/c1-23(2,33)14-30(3)22(32)21-19(16-7-9-17(25)10-8-16)12-20(24(27,28)29)31(21)13-15-5-4-6-18(26)11-15/h4-12,33H,13-14H2,1-3H3. The predicted molar refractivity (Wildman–Crippen MR) is 124 cm³/mol. The fourth-order valence-electron chi connectivity index (χ4n) is 3.68. The Balaban J connectivity index is 2.25. The van der Waals surface area contributed by atoms with Crippen LogP contribution in [-0.2, 0) is 12.7 Å². The van der Waals surface area contributed by atoms with Crippen LogP contribution >= 0.6 is 23.2 Å². The summed E-state index contributed by atoms with van der Waals surface area (Å²) in [7, 11) is 1.44. The molecule has 0 aliphatic heterocycles. The Morgan fingerprint density at radius 2 is 1.67 bits per heavy atom. The van der Waals surface area contributed by atoms with Gasteiger partial charge >= 0.3 is 6.18 Å². The average Bonchev–Trinajstić information content (AvgIpc) is 3.06. The molecule has 0 unspecified atom stereocenters. The number of nitrogens with zero attached hydrogens (tertiary/aromatic N) is 2. The van der Waals surface area contributed by atoms with E-state index in [1.54, 1.807) is 48.5 Å². The third-order valence-corrected chi connectivity index (χ3v) is 5.43. The molecule has 0 saturated carbocycles. The molecule has 0 fully saturated rings. The van der Waals surface area contributed by atoms with Gasteiger partial charge in [-0.1, -0.05) is 47.5 Å². The number of amides is 1. The smallest absolute Gasteiger partial charge is 0.389 e. The van der Waals surface area contributed by atoms with Crippen LogP contribution in [0.3, 0.4) is 0 Å². The van der Waals surface area contributed by atoms with Crippen LogP contribution in [0.2, 0.25) is 10.0 Å². The first-order chi connectivity index (χ1) is 15.3. The van der Waals surface area contributed by atoms with Gasteiger partial charge in [0, 0.05) is 35.7 Å². The zero-order valence-electron chi connectivity index (χ0n) is 18.3. The van der Waals surface area contributed by atoms with E-state index in [0.29, 0.717) is 21.2 Å². The lowest BCUT2D eigenvalue weighted by Gasteiger charge is -2.27. The zero-order chi connectivity index (χ0) is 24.6. The van der Waals surface area contributed by atoms with Gasteiger partial charge in [-0.2, -0.15) is 13.2 Å². The second-order valence-corrected chi connectivity index (χ2v) is 9.36. The Hall–Kier alpha value is -2.48. The number of likely N-dealkylation sites (N-methyl/N-ethyl adjacent to an activating group) is 1. The summed E-state index contributed by atoms with van der Waals surface area (Å²) in [6.07, 6.45) is -4.72. The van der Waals surface area contributed by atoms with Gasteiger partial charge in [0.25, 0.3) is 5.91 Å². The van der Waals surface area contributed by atoms with Crippen molar-refractivity contribution in [2.75, 3.05) is 13.6 Å². The zero-order valence-corrected chi connectivity index (χ0v) is 19.8. The fraction of sp³-hybridized carbons (Fsp3) is 0.292. The maximum absolute atomic E-state index is 14.1. The molecule has 2 aromatic carbocycles. The summed E-state index contributed by atoms with van der Waals surface area (Å²) in [5, 5.41) is 11.0. The SMILES string of the molecule is CN(CC(C)(C)O)C(=O)c1c(-c2ccc(Cl)cc2)cc(C(F)(F)F)n1Cc1cccc(Cl)c1. The first-order valence-electron chi connectivity index (χ1n) is 10.1. The Bertz CT molecular complexity index is 1150. The highest BCUT2D eigenvalue weighted by Gasteiger charge is 2.39. The molecular formula is C24H23Cl2F3N2O2. The van der Waals surface area contributed by atoms with E-state index < -0.39 is 23.4 Å². The highest BCUT2D eigenvalue weighted by atomic mass is 35.5. The highest BCUT2D eigenvalue weighted by Crippen LogP contribution is 2.38. The van der Waals surface area contributed by atoms with Crippen molar-refractivity contribution in [1.82, 2.24) is 9.47 Å². The van der Waals surface area contributed by atoms with Crippen molar-refractivity contribution >= 4 is 29.1 Å². The number of carbonyl (C=O) groups excluding carboxylic acids is 1. The van der Waals surface area contributed by atoms with E-state index in [0.717, 1.165) is 10.6 Å². The molecule has 9 heteroatoms. The predicted octanol–water partition coefficient (Wildman–Crippen LogP) is 6.37. The first kappa shape index (κ1) is 25.1. The molecule has 3 aromatic rings. The van der Waals surface area contributed by atoms with Gasteiger partial charge in [-0.05, 0) is 55.3 Å². The summed E-state index contributed by atoms with van der Waals surface area (Å²) in [5.74, 6) is -0.653. The normalized spacial score (nSPS) is 12.2. The molecule has 0 saturated heterocycles. The number of alkyl halides is 3. The summed E-state index contributed by atoms with van der Waals surface area (Å²) in [4.78, 5) is 14.7. The molecule has 1 heterocycles. The maximum Gasteiger partial charge on any atom is 0.431 e. The van der Waals surface area contributed by atoms with Gasteiger partial charge in [0.15, 0.2) is 0 Å². The Morgan fingerprint density at radius 3 is 2.21 bits per heavy atom. The number of hydrogen-bond acceptors (Lipinski definition) is 2. The van der Waals surface area contributed by atoms with Crippen LogP contribution in [-0.4, -0.2) is 39.7 Å². The van der Waals surface area contributed by atoms with Gasteiger partial charge in [-0.15, -0.1) is 0 Å². The molecular weight excluding hydrogens is 476 g/mol. The van der Waals surface area contributed by atoms with E-state index in [4.69, 9.17) is 23.2 Å². The number of hydrogen-bond donors (Lipinski definition) is 1. The molecule has 0 aliphatic rings. The molecule has 0 aliphatic carbocycles. The van der Waals surface area contributed by atoms with Crippen molar-refractivity contribution in [3.05, 3.63) is 81.6 Å². The number of halogens is 5. The lowest BCUT2D eigenvalue weighted by molar-refractivity contribution is -0.143. The number of carbonyl (C=O) groups is 1. The minimum Gasteiger partial charge on any atom is -0.389 e. The molecule has 4 nitrogen and oxygen atoms in total. The molecule has 0 radical (unpaired) electrons. The maximum atomic E-state index is 14.1. The van der Waals surface area contributed by atoms with Crippen molar-refractivity contribution in [3.63, 3.8) is 0 Å². The molecule has 1 amide bonds. The molecule has 1 aromatic heterocycles. The fourth-order valence-corrected chi connectivity index (χ4v) is 4.02. The number of aromatic nitrogens is 1. The summed E-state index contributed by atoms with van der Waals surface area (Å²) < 4.78 is 43.3. The lowest BCUT2D eigenvalue weighted by Crippen LogP contribution is -2.40. The Labute approximate surface area is 200 Å². The van der Waals surface area contributed by atoms with Gasteiger partial charge in [-0.25, -0.2) is 0 Å². The van der Waals surface area contributed by atoms with E-state index in [2.05, 4.69) is 0 Å². The van der Waals surface area contributed by atoms with Crippen LogP contribution in [0.5, 0.6) is 0 Å². The Morgan fingerprint density at radius 1 is 1.03 bits per heavy atom. The van der Waals surface area contributed by atoms with Crippen LogP contribution in [0, 0.1) is 0 Å². The van der Waals surface area contributed by atoms with Crippen LogP contribution in [0.4, 0.5) is 13.2 Å². The topological polar surface area (TPSA) is 45.5 Å². The third kappa shape index (κ3) is 6.10. The summed E-state index contributed by atoms with van der Waals surface area (Å²) in [5.41, 5.74) is -1.31. The van der Waals surface area contributed by atoms with E-state index in [1.807, 2.05) is 0 Å². The number of aliphatic hydroxyl groups is 1. The summed E-state index contributed by atoms with van der Waals surface area (Å²) >= 11 is 12.0. The second-order valence-electron chi connectivity index (χ2n) is 8.49. The number of rotatable bonds is 6. The first-order valence-corrected chi connectivity index (χ1v) is 10.8. The van der Waals surface area contributed by atoms with Crippen molar-refractivity contribution < 1.29 is 23.1 Å². The molecule has 1 N–H and O–H groups in total. The molecule has 33 heavy (non-hydrogen) atoms. The van der Waals surface area contributed by atoms with Crippen LogP contribution in [0.15, 0.2) is 54.6 Å². The lowest BCUT2D eigenvalue weighted by atomic mass is 10.0. The van der Waals surface area contributed by atoms with Crippen LogP contribution in [0.1, 0.15) is 35.6 Å². The largest absolute Gasteiger partial charge is 0.431 e. The van der Waals surface area contributed by atoms with Gasteiger partial charge in [0.05, 0.1) is 5.60 Å². The Kier molecular flexibility index (Phi) is 7.17. The quantitative estimate of drug-likeness (QED) is 0.429. The van der Waals surface area contributed by atoms with E-state index >= 15 is 0 Å². The van der Waals surface area contributed by atoms with Gasteiger partial charge in [-0.3, -0.25) is 4.79 Å². The summed E-state index contributed by atoms with van der Waals surface area (Å²) in [6.45, 7) is 2.74. The van der Waals surface area contributed by atoms with Gasteiger partial charge in [0.1, 0.15) is 11.4 Å². The van der Waals surface area contributed by atoms with E-state index in [9.17, 15) is 23.1 Å². The number of benzene rings is 2. The van der Waals surface area contributed by atoms with Crippen molar-refractivity contribution in [2.24, 2.45) is 0 Å². The van der Waals surface area contributed by atoms with E-state index in [-0.39, 0.29) is 24.3 Å². The molecule has 0 bridgehead atoms. The van der Waals surface area contributed by atoms with Crippen molar-refractivity contribution in [1.29, 1.82) is 0 Å². The van der Waals surface area contributed by atoms with Crippen molar-refractivity contribution in [2.45, 2.75) is 32.2 Å². The minimum absolute atomic E-state index is 0.0738. The monoisotopic (exact) mass is 498 g/mol. The van der Waals surface area contributed by atoms with Crippen molar-refractivity contribution in [3.8, 4) is 11.1 Å². The third-order valence-electron chi connectivity index (χ3n) is 4.95. The van der Waals surface area contributed by atoms with Crippen LogP contribution in [0.25, 0.3) is 11.1 Å². The summed E-state index contributed by atoms with van der Waals surface area (Å²) in [6, 6.07) is 13.6. The molecule has 3 rings (SSSR count). The minimum atomic E-state index is -4.72. The average molecular weight is 499 g/mol. The van der Waals surface area contributed by atoms with Gasteiger partial charge < -0.3 is 14.6 Å². The van der Waals surface area contributed by atoms with Crippen LogP contribution < -0.4 is 0 Å². The van der Waals surface area contributed by atoms with E-state index in [1.165, 1.54) is 25.8 Å². The van der Waals surface area contributed by atoms with Gasteiger partial charge in [0.2, 0.25) is 0 Å². The highest BCUT2D eigenvalue weighted by molar-refractivity contribution is 6.30. The molecule has 0 atom stereocenters.